The summed E-state index contributed by atoms with van der Waals surface area (Å²) in [6.45, 7) is 17.2. The minimum atomic E-state index is -0.429. The summed E-state index contributed by atoms with van der Waals surface area (Å²) in [4.78, 5) is 43.0. The summed E-state index contributed by atoms with van der Waals surface area (Å²) in [6, 6.07) is 7.84. The number of aromatic amines is 1. The van der Waals surface area contributed by atoms with Crippen LogP contribution >= 0.6 is 0 Å². The first-order valence-electron chi connectivity index (χ1n) is 13.6. The lowest BCUT2D eigenvalue weighted by Crippen LogP contribution is -2.37. The van der Waals surface area contributed by atoms with Crippen LogP contribution in [-0.4, -0.2) is 50.0 Å². The van der Waals surface area contributed by atoms with Gasteiger partial charge < -0.3 is 10.3 Å². The summed E-state index contributed by atoms with van der Waals surface area (Å²) >= 11 is 0. The number of fused-ring (bicyclic) bond motifs is 12. The highest BCUT2D eigenvalue weighted by molar-refractivity contribution is 6.28. The van der Waals surface area contributed by atoms with Gasteiger partial charge in [0.15, 0.2) is 23.3 Å². The lowest BCUT2D eigenvalue weighted by atomic mass is 9.68. The Bertz CT molecular complexity index is 1770. The van der Waals surface area contributed by atoms with Crippen molar-refractivity contribution in [2.75, 3.05) is 0 Å². The van der Waals surface area contributed by atoms with Crippen LogP contribution in [0.3, 0.4) is 0 Å². The molecule has 2 N–H and O–H groups in total. The third kappa shape index (κ3) is 3.10. The highest BCUT2D eigenvalue weighted by Crippen LogP contribution is 2.50. The summed E-state index contributed by atoms with van der Waals surface area (Å²) in [7, 11) is 0. The van der Waals surface area contributed by atoms with E-state index in [-0.39, 0.29) is 10.8 Å². The number of aromatic nitrogens is 3. The molecule has 6 aliphatic rings. The molecule has 8 bridgehead atoms. The molecule has 0 aromatic carbocycles. The molecule has 0 aliphatic carbocycles. The van der Waals surface area contributed by atoms with E-state index in [2.05, 4.69) is 70.7 Å². The first kappa shape index (κ1) is 24.7. The SMILES string of the molecule is CC1(C)C2=NC(=Nc3nc(c4ccc[nH]c3-4)N=C3NC(=NC4=NC(=N2)c2cccnc24)C(C)(C)C3(C)C)C1(C)C. The van der Waals surface area contributed by atoms with E-state index >= 15 is 0 Å². The molecule has 0 spiro atoms. The van der Waals surface area contributed by atoms with Crippen LogP contribution in [0.1, 0.15) is 66.6 Å². The van der Waals surface area contributed by atoms with E-state index < -0.39 is 10.8 Å². The van der Waals surface area contributed by atoms with Gasteiger partial charge in [0.05, 0.1) is 5.69 Å². The van der Waals surface area contributed by atoms with E-state index in [1.165, 1.54) is 0 Å². The molecular weight excluding hydrogens is 500 g/mol. The number of amidine groups is 6. The fourth-order valence-corrected chi connectivity index (χ4v) is 5.36. The second-order valence-electron chi connectivity index (χ2n) is 12.9. The van der Waals surface area contributed by atoms with Gasteiger partial charge in [0.2, 0.25) is 0 Å². The van der Waals surface area contributed by atoms with Gasteiger partial charge in [0.1, 0.15) is 29.0 Å². The van der Waals surface area contributed by atoms with Crippen molar-refractivity contribution >= 4 is 46.6 Å². The number of rotatable bonds is 0. The van der Waals surface area contributed by atoms with Gasteiger partial charge >= 0.3 is 0 Å². The minimum Gasteiger partial charge on any atom is -0.358 e. The van der Waals surface area contributed by atoms with Gasteiger partial charge in [-0.05, 0) is 24.3 Å². The van der Waals surface area contributed by atoms with Crippen LogP contribution in [0, 0.1) is 21.7 Å². The van der Waals surface area contributed by atoms with Crippen LogP contribution in [0.5, 0.6) is 0 Å². The first-order valence-corrected chi connectivity index (χ1v) is 13.6. The maximum Gasteiger partial charge on any atom is 0.182 e. The molecule has 0 unspecified atom stereocenters. The lowest BCUT2D eigenvalue weighted by molar-refractivity contribution is 0.296. The predicted molar refractivity (Wildman–Crippen MR) is 160 cm³/mol. The van der Waals surface area contributed by atoms with Crippen molar-refractivity contribution in [3.05, 3.63) is 47.9 Å². The molecule has 10 heteroatoms. The molecule has 202 valence electrons. The maximum atomic E-state index is 5.10. The van der Waals surface area contributed by atoms with Crippen molar-refractivity contribution in [1.29, 1.82) is 0 Å². The summed E-state index contributed by atoms with van der Waals surface area (Å²) in [5, 5.41) is 3.53. The van der Waals surface area contributed by atoms with E-state index in [4.69, 9.17) is 34.9 Å². The minimum absolute atomic E-state index is 0.380. The third-order valence-corrected chi connectivity index (χ3v) is 9.74. The standard InChI is InChI=1S/C30H32N10/c1-27(2)23-35-19-15-11-9-13-31-17(15)22(33-19)38-26-30(7,8)28(3,4)24(40-26)36-20-16-12-10-14-32-18(16)21(34-20)37-25(39-23)29(27,5)6/h9-14,31H,1-8H3,(H,33,34,35,36,37,38,39,40). The van der Waals surface area contributed by atoms with Crippen molar-refractivity contribution in [2.45, 2.75) is 55.4 Å². The number of hydrogen-bond acceptors (Lipinski definition) is 9. The van der Waals surface area contributed by atoms with Crippen molar-refractivity contribution in [3.63, 3.8) is 0 Å². The Balaban J connectivity index is 1.56. The van der Waals surface area contributed by atoms with Crippen LogP contribution < -0.4 is 5.32 Å². The van der Waals surface area contributed by atoms with Crippen molar-refractivity contribution in [3.8, 4) is 11.3 Å². The van der Waals surface area contributed by atoms with Gasteiger partial charge in [0.25, 0.3) is 0 Å². The van der Waals surface area contributed by atoms with Crippen LogP contribution in [0.4, 0.5) is 11.6 Å². The molecule has 7 heterocycles. The molecule has 40 heavy (non-hydrogen) atoms. The molecule has 0 atom stereocenters. The van der Waals surface area contributed by atoms with Crippen LogP contribution in [0.15, 0.2) is 66.6 Å². The molecule has 6 aliphatic heterocycles. The Morgan fingerprint density at radius 3 is 2.02 bits per heavy atom. The normalized spacial score (nSPS) is 22.9. The number of pyridine rings is 2. The van der Waals surface area contributed by atoms with Crippen LogP contribution in [0.25, 0.3) is 11.3 Å². The number of hydrogen-bond donors (Lipinski definition) is 2. The highest BCUT2D eigenvalue weighted by atomic mass is 15.2. The Kier molecular flexibility index (Phi) is 4.72. The summed E-state index contributed by atoms with van der Waals surface area (Å²) < 4.78 is 0. The zero-order valence-corrected chi connectivity index (χ0v) is 24.0. The van der Waals surface area contributed by atoms with E-state index in [0.29, 0.717) is 40.7 Å². The molecule has 0 radical (unpaired) electrons. The fraction of sp³-hybridized carbons (Fsp3) is 0.400. The molecular formula is C30H32N10. The number of nitrogens with one attached hydrogen (secondary N) is 2. The van der Waals surface area contributed by atoms with E-state index in [9.17, 15) is 0 Å². The quantitative estimate of drug-likeness (QED) is 0.385. The molecule has 1 fully saturated rings. The zero-order valence-electron chi connectivity index (χ0n) is 24.0. The Morgan fingerprint density at radius 2 is 1.27 bits per heavy atom. The maximum absolute atomic E-state index is 5.10. The number of nitrogens with zero attached hydrogens (tertiary/aromatic N) is 8. The lowest BCUT2D eigenvalue weighted by Gasteiger charge is -2.33. The van der Waals surface area contributed by atoms with Crippen LogP contribution in [-0.2, 0) is 0 Å². The van der Waals surface area contributed by atoms with Gasteiger partial charge in [-0.15, -0.1) is 0 Å². The molecule has 0 amide bonds. The average Bonchev–Trinajstić information content (AvgIpc) is 3.52. The van der Waals surface area contributed by atoms with Crippen molar-refractivity contribution in [1.82, 2.24) is 20.3 Å². The first-order chi connectivity index (χ1) is 18.8. The molecule has 0 saturated carbocycles. The van der Waals surface area contributed by atoms with Crippen molar-refractivity contribution < 1.29 is 0 Å². The van der Waals surface area contributed by atoms with Crippen molar-refractivity contribution in [2.24, 2.45) is 51.6 Å². The Labute approximate surface area is 233 Å². The van der Waals surface area contributed by atoms with E-state index in [1.807, 2.05) is 30.5 Å². The molecule has 10 nitrogen and oxygen atoms in total. The van der Waals surface area contributed by atoms with Gasteiger partial charge in [-0.25, -0.2) is 34.9 Å². The molecule has 1 aromatic rings. The van der Waals surface area contributed by atoms with E-state index in [0.717, 1.165) is 28.5 Å². The third-order valence-electron chi connectivity index (χ3n) is 9.74. The molecule has 7 rings (SSSR count). The fourth-order valence-electron chi connectivity index (χ4n) is 5.36. The predicted octanol–water partition coefficient (Wildman–Crippen LogP) is 5.71. The van der Waals surface area contributed by atoms with Gasteiger partial charge in [-0.1, -0.05) is 55.4 Å². The topological polar surface area (TPSA) is 128 Å². The zero-order chi connectivity index (χ0) is 28.2. The summed E-state index contributed by atoms with van der Waals surface area (Å²) in [5.74, 6) is 5.08. The molecule has 1 saturated heterocycles. The smallest absolute Gasteiger partial charge is 0.182 e. The second-order valence-corrected chi connectivity index (χ2v) is 12.9. The largest absolute Gasteiger partial charge is 0.358 e. The van der Waals surface area contributed by atoms with Gasteiger partial charge in [0, 0.05) is 45.2 Å². The van der Waals surface area contributed by atoms with Crippen LogP contribution in [0.2, 0.25) is 0 Å². The Morgan fingerprint density at radius 1 is 0.600 bits per heavy atom. The van der Waals surface area contributed by atoms with E-state index in [1.54, 1.807) is 6.20 Å². The van der Waals surface area contributed by atoms with Gasteiger partial charge in [-0.2, -0.15) is 0 Å². The summed E-state index contributed by atoms with van der Waals surface area (Å²) in [6.07, 6.45) is 3.64. The number of aliphatic imine (C=N–C) groups is 6. The molecule has 1 aromatic heterocycles. The average molecular weight is 533 g/mol. The monoisotopic (exact) mass is 532 g/mol. The number of H-pyrrole nitrogens is 1. The second kappa shape index (κ2) is 7.65. The van der Waals surface area contributed by atoms with Gasteiger partial charge in [-0.3, -0.25) is 4.98 Å². The summed E-state index contributed by atoms with van der Waals surface area (Å²) in [5.41, 5.74) is 1.62. The highest BCUT2D eigenvalue weighted by Gasteiger charge is 2.53. The Hall–Kier alpha value is -4.34.